The van der Waals surface area contributed by atoms with Gasteiger partial charge in [-0.25, -0.2) is 4.39 Å². The zero-order chi connectivity index (χ0) is 19.2. The number of hydrogen-bond donors (Lipinski definition) is 2. The summed E-state index contributed by atoms with van der Waals surface area (Å²) < 4.78 is 18.8. The van der Waals surface area contributed by atoms with Gasteiger partial charge in [-0.15, -0.1) is 0 Å². The Morgan fingerprint density at radius 1 is 1.22 bits per heavy atom. The minimum Gasteiger partial charge on any atom is -0.491 e. The number of ether oxygens (including phenoxy) is 1. The lowest BCUT2D eigenvalue weighted by molar-refractivity contribution is 0.207. The smallest absolute Gasteiger partial charge is 0.125 e. The van der Waals surface area contributed by atoms with Crippen molar-refractivity contribution in [3.63, 3.8) is 0 Å². The summed E-state index contributed by atoms with van der Waals surface area (Å²) in [5.41, 5.74) is 2.97. The zero-order valence-corrected chi connectivity index (χ0v) is 16.1. The first-order valence-corrected chi connectivity index (χ1v) is 9.67. The second-order valence-electron chi connectivity index (χ2n) is 7.49. The maximum Gasteiger partial charge on any atom is 0.125 e. The zero-order valence-electron chi connectivity index (χ0n) is 16.1. The van der Waals surface area contributed by atoms with Crippen molar-refractivity contribution < 1.29 is 14.2 Å². The number of aliphatic hydroxyl groups excluding tert-OH is 1. The molecule has 0 aromatic heterocycles. The summed E-state index contributed by atoms with van der Waals surface area (Å²) in [5.74, 6) is 0.543. The summed E-state index contributed by atoms with van der Waals surface area (Å²) in [7, 11) is 0. The number of aliphatic hydroxyl groups is 1. The first-order chi connectivity index (χ1) is 13.0. The number of anilines is 1. The van der Waals surface area contributed by atoms with Crippen molar-refractivity contribution in [1.82, 2.24) is 4.90 Å². The van der Waals surface area contributed by atoms with E-state index in [2.05, 4.69) is 16.3 Å². The van der Waals surface area contributed by atoms with Crippen LogP contribution in [0.3, 0.4) is 0 Å². The molecule has 0 unspecified atom stereocenters. The Bertz CT molecular complexity index is 734. The van der Waals surface area contributed by atoms with E-state index in [9.17, 15) is 9.50 Å². The van der Waals surface area contributed by atoms with E-state index in [0.29, 0.717) is 6.04 Å². The van der Waals surface area contributed by atoms with Gasteiger partial charge < -0.3 is 15.2 Å². The van der Waals surface area contributed by atoms with E-state index in [1.54, 1.807) is 12.1 Å². The molecule has 27 heavy (non-hydrogen) atoms. The number of hydrogen-bond acceptors (Lipinski definition) is 4. The fourth-order valence-electron chi connectivity index (χ4n) is 3.58. The molecule has 4 nitrogen and oxygen atoms in total. The lowest BCUT2D eigenvalue weighted by Gasteiger charge is -2.33. The van der Waals surface area contributed by atoms with Crippen LogP contribution in [0.5, 0.6) is 5.75 Å². The first kappa shape index (κ1) is 19.6. The van der Waals surface area contributed by atoms with Gasteiger partial charge in [0, 0.05) is 30.4 Å². The largest absolute Gasteiger partial charge is 0.491 e. The highest BCUT2D eigenvalue weighted by molar-refractivity contribution is 5.44. The third kappa shape index (κ3) is 5.68. The minimum atomic E-state index is -0.213. The molecule has 0 amide bonds. The van der Waals surface area contributed by atoms with Gasteiger partial charge in [-0.1, -0.05) is 6.07 Å². The molecule has 2 aromatic carbocycles. The van der Waals surface area contributed by atoms with E-state index in [-0.39, 0.29) is 18.5 Å². The number of nitrogens with one attached hydrogen (secondary N) is 1. The van der Waals surface area contributed by atoms with E-state index in [0.717, 1.165) is 49.5 Å². The molecule has 5 heteroatoms. The number of rotatable bonds is 7. The van der Waals surface area contributed by atoms with E-state index in [1.165, 1.54) is 17.7 Å². The predicted molar refractivity (Wildman–Crippen MR) is 106 cm³/mol. The van der Waals surface area contributed by atoms with Crippen LogP contribution in [-0.4, -0.2) is 35.2 Å². The van der Waals surface area contributed by atoms with Crippen LogP contribution in [0.25, 0.3) is 0 Å². The molecule has 1 atom stereocenters. The Morgan fingerprint density at radius 2 is 2.00 bits per heavy atom. The Balaban J connectivity index is 1.60. The van der Waals surface area contributed by atoms with Gasteiger partial charge in [0.05, 0.1) is 12.7 Å². The quantitative estimate of drug-likeness (QED) is 0.765. The van der Waals surface area contributed by atoms with E-state index < -0.39 is 0 Å². The average molecular weight is 372 g/mol. The molecule has 1 heterocycles. The summed E-state index contributed by atoms with van der Waals surface area (Å²) in [4.78, 5) is 2.42. The molecular weight excluding hydrogens is 343 g/mol. The van der Waals surface area contributed by atoms with Gasteiger partial charge in [0.25, 0.3) is 0 Å². The highest BCUT2D eigenvalue weighted by atomic mass is 19.1. The Morgan fingerprint density at radius 3 is 2.70 bits per heavy atom. The molecule has 1 aliphatic rings. The SMILES string of the molecule is CC(C)Oc1ccc(CN2CCC[C@H](Nc3ccc(F)cc3)C2)cc1CO. The molecule has 0 bridgehead atoms. The normalized spacial score (nSPS) is 17.9. The topological polar surface area (TPSA) is 44.7 Å². The van der Waals surface area contributed by atoms with Gasteiger partial charge in [0.2, 0.25) is 0 Å². The van der Waals surface area contributed by atoms with Crippen molar-refractivity contribution in [2.24, 2.45) is 0 Å². The molecule has 2 aromatic rings. The Labute approximate surface area is 161 Å². The van der Waals surface area contributed by atoms with Crippen molar-refractivity contribution in [2.45, 2.75) is 52.0 Å². The highest BCUT2D eigenvalue weighted by Gasteiger charge is 2.20. The Hall–Kier alpha value is -2.11. The highest BCUT2D eigenvalue weighted by Crippen LogP contribution is 2.24. The van der Waals surface area contributed by atoms with Crippen LogP contribution >= 0.6 is 0 Å². The minimum absolute atomic E-state index is 0.0232. The van der Waals surface area contributed by atoms with Crippen molar-refractivity contribution in [2.75, 3.05) is 18.4 Å². The molecule has 1 aliphatic heterocycles. The average Bonchev–Trinajstić information content (AvgIpc) is 2.65. The van der Waals surface area contributed by atoms with Crippen molar-refractivity contribution in [3.05, 3.63) is 59.4 Å². The molecule has 0 aliphatic carbocycles. The molecule has 2 N–H and O–H groups in total. The molecule has 3 rings (SSSR count). The molecule has 146 valence electrons. The van der Waals surface area contributed by atoms with Crippen LogP contribution in [-0.2, 0) is 13.2 Å². The number of piperidine rings is 1. The maximum absolute atomic E-state index is 13.1. The molecule has 0 radical (unpaired) electrons. The van der Waals surface area contributed by atoms with Crippen LogP contribution in [0.15, 0.2) is 42.5 Å². The summed E-state index contributed by atoms with van der Waals surface area (Å²) >= 11 is 0. The van der Waals surface area contributed by atoms with E-state index in [1.807, 2.05) is 26.0 Å². The lowest BCUT2D eigenvalue weighted by Crippen LogP contribution is -2.41. The second kappa shape index (κ2) is 9.20. The van der Waals surface area contributed by atoms with Crippen LogP contribution in [0, 0.1) is 5.82 Å². The maximum atomic E-state index is 13.1. The summed E-state index contributed by atoms with van der Waals surface area (Å²) in [6, 6.07) is 13.0. The van der Waals surface area contributed by atoms with Gasteiger partial charge in [0.15, 0.2) is 0 Å². The summed E-state index contributed by atoms with van der Waals surface area (Å²) in [6.07, 6.45) is 2.32. The molecule has 0 saturated carbocycles. The number of likely N-dealkylation sites (tertiary alicyclic amines) is 1. The van der Waals surface area contributed by atoms with Crippen molar-refractivity contribution >= 4 is 5.69 Å². The van der Waals surface area contributed by atoms with Gasteiger partial charge in [-0.3, -0.25) is 4.90 Å². The van der Waals surface area contributed by atoms with E-state index >= 15 is 0 Å². The van der Waals surface area contributed by atoms with Crippen LogP contribution < -0.4 is 10.1 Å². The Kier molecular flexibility index (Phi) is 6.69. The fourth-order valence-corrected chi connectivity index (χ4v) is 3.58. The molecular formula is C22H29FN2O2. The molecule has 0 spiro atoms. The van der Waals surface area contributed by atoms with Crippen LogP contribution in [0.1, 0.15) is 37.8 Å². The van der Waals surface area contributed by atoms with E-state index in [4.69, 9.17) is 4.74 Å². The van der Waals surface area contributed by atoms with Crippen molar-refractivity contribution in [3.8, 4) is 5.75 Å². The van der Waals surface area contributed by atoms with Gasteiger partial charge in [-0.05, 0) is 75.2 Å². The third-order valence-electron chi connectivity index (χ3n) is 4.78. The molecule has 1 saturated heterocycles. The predicted octanol–water partition coefficient (Wildman–Crippen LogP) is 4.18. The van der Waals surface area contributed by atoms with Crippen molar-refractivity contribution in [1.29, 1.82) is 0 Å². The fraction of sp³-hybridized carbons (Fsp3) is 0.455. The lowest BCUT2D eigenvalue weighted by atomic mass is 10.0. The monoisotopic (exact) mass is 372 g/mol. The second-order valence-corrected chi connectivity index (χ2v) is 7.49. The van der Waals surface area contributed by atoms with Gasteiger partial charge >= 0.3 is 0 Å². The molecule has 1 fully saturated rings. The summed E-state index contributed by atoms with van der Waals surface area (Å²) in [6.45, 7) is 6.78. The number of halogens is 1. The van der Waals surface area contributed by atoms with Gasteiger partial charge in [-0.2, -0.15) is 0 Å². The van der Waals surface area contributed by atoms with Crippen LogP contribution in [0.4, 0.5) is 10.1 Å². The standard InChI is InChI=1S/C22H29FN2O2/c1-16(2)27-22-10-5-17(12-18(22)15-26)13-25-11-3-4-21(14-25)24-20-8-6-19(23)7-9-20/h5-10,12,16,21,24,26H,3-4,11,13-15H2,1-2H3/t21-/m0/s1. The number of benzene rings is 2. The van der Waals surface area contributed by atoms with Gasteiger partial charge in [0.1, 0.15) is 11.6 Å². The summed E-state index contributed by atoms with van der Waals surface area (Å²) in [5, 5.41) is 13.2. The number of nitrogens with zero attached hydrogens (tertiary/aromatic N) is 1. The first-order valence-electron chi connectivity index (χ1n) is 9.67. The van der Waals surface area contributed by atoms with Crippen LogP contribution in [0.2, 0.25) is 0 Å². The third-order valence-corrected chi connectivity index (χ3v) is 4.78.